The van der Waals surface area contributed by atoms with Crippen LogP contribution in [0.2, 0.25) is 0 Å². The Balaban J connectivity index is 2.22. The van der Waals surface area contributed by atoms with Gasteiger partial charge in [0, 0.05) is 6.61 Å². The predicted molar refractivity (Wildman–Crippen MR) is 116 cm³/mol. The molecule has 0 bridgehead atoms. The molecule has 6 heteroatoms. The highest BCUT2D eigenvalue weighted by atomic mass is 31.2. The largest absolute Gasteiger partial charge is 0.474 e. The van der Waals surface area contributed by atoms with E-state index in [0.717, 1.165) is 38.7 Å². The summed E-state index contributed by atoms with van der Waals surface area (Å²) < 4.78 is 35.0. The molecule has 1 unspecified atom stereocenters. The van der Waals surface area contributed by atoms with Gasteiger partial charge >= 0.3 is 7.82 Å². The first-order chi connectivity index (χ1) is 13.8. The zero-order valence-electron chi connectivity index (χ0n) is 18.3. The van der Waals surface area contributed by atoms with E-state index in [1.54, 1.807) is 0 Å². The Morgan fingerprint density at radius 2 is 1.18 bits per heavy atom. The van der Waals surface area contributed by atoms with Crippen molar-refractivity contribution < 1.29 is 22.9 Å². The number of rotatable bonds is 10. The molecule has 0 aromatic carbocycles. The molecule has 0 radical (unpaired) electrons. The SMILES string of the molecule is CCCCCCCCCCOP1(=O)OCCCCCCCCCCOCCO1. The van der Waals surface area contributed by atoms with Crippen molar-refractivity contribution in [2.45, 2.75) is 110 Å². The van der Waals surface area contributed by atoms with Crippen molar-refractivity contribution in [2.24, 2.45) is 0 Å². The third kappa shape index (κ3) is 15.9. The minimum absolute atomic E-state index is 0.259. The second-order valence-electron chi connectivity index (χ2n) is 7.86. The average Bonchev–Trinajstić information content (AvgIpc) is 2.69. The van der Waals surface area contributed by atoms with E-state index in [2.05, 4.69) is 6.92 Å². The first-order valence-corrected chi connectivity index (χ1v) is 13.3. The second kappa shape index (κ2) is 19.1. The van der Waals surface area contributed by atoms with Crippen molar-refractivity contribution in [1.82, 2.24) is 0 Å². The van der Waals surface area contributed by atoms with Crippen LogP contribution in [0.1, 0.15) is 110 Å². The summed E-state index contributed by atoms with van der Waals surface area (Å²) in [5.41, 5.74) is 0. The van der Waals surface area contributed by atoms with Gasteiger partial charge in [-0.2, -0.15) is 0 Å². The Bertz CT molecular complexity index is 358. The monoisotopic (exact) mass is 420 g/mol. The highest BCUT2D eigenvalue weighted by Crippen LogP contribution is 2.49. The summed E-state index contributed by atoms with van der Waals surface area (Å²) in [6.07, 6.45) is 19.2. The van der Waals surface area contributed by atoms with Crippen LogP contribution in [0.25, 0.3) is 0 Å². The van der Waals surface area contributed by atoms with Crippen molar-refractivity contribution in [2.75, 3.05) is 33.0 Å². The molecule has 1 saturated heterocycles. The highest BCUT2D eigenvalue weighted by molar-refractivity contribution is 7.48. The molecule has 0 amide bonds. The number of phosphoric ester groups is 1. The van der Waals surface area contributed by atoms with Crippen LogP contribution in [0.5, 0.6) is 0 Å². The Hall–Kier alpha value is 0.0700. The summed E-state index contributed by atoms with van der Waals surface area (Å²) in [7, 11) is -3.46. The molecule has 1 fully saturated rings. The molecule has 5 nitrogen and oxygen atoms in total. The number of hydrogen-bond acceptors (Lipinski definition) is 5. The number of hydrogen-bond donors (Lipinski definition) is 0. The van der Waals surface area contributed by atoms with Crippen LogP contribution in [0.15, 0.2) is 0 Å². The molecule has 1 rings (SSSR count). The van der Waals surface area contributed by atoms with Gasteiger partial charge in [-0.25, -0.2) is 4.57 Å². The maximum Gasteiger partial charge on any atom is 0.474 e. The van der Waals surface area contributed by atoms with Crippen LogP contribution in [0.3, 0.4) is 0 Å². The topological polar surface area (TPSA) is 54.0 Å². The first-order valence-electron chi connectivity index (χ1n) is 11.9. The van der Waals surface area contributed by atoms with Gasteiger partial charge in [0.1, 0.15) is 0 Å². The van der Waals surface area contributed by atoms with E-state index in [4.69, 9.17) is 18.3 Å². The van der Waals surface area contributed by atoms with Crippen molar-refractivity contribution in [3.05, 3.63) is 0 Å². The number of ether oxygens (including phenoxy) is 1. The Morgan fingerprint density at radius 3 is 1.86 bits per heavy atom. The summed E-state index contributed by atoms with van der Waals surface area (Å²) in [5.74, 6) is 0. The van der Waals surface area contributed by atoms with Gasteiger partial charge in [0.15, 0.2) is 0 Å². The van der Waals surface area contributed by atoms with Crippen molar-refractivity contribution >= 4 is 7.82 Å². The van der Waals surface area contributed by atoms with Crippen LogP contribution < -0.4 is 0 Å². The normalized spacial score (nSPS) is 24.2. The third-order valence-corrected chi connectivity index (χ3v) is 6.65. The standard InChI is InChI=1S/C22H45O5P/c1-2-3-4-5-6-10-13-16-19-25-28(23)26-20-17-14-11-8-7-9-12-15-18-24-21-22-27-28/h2-22H2,1H3. The van der Waals surface area contributed by atoms with E-state index in [-0.39, 0.29) is 6.61 Å². The maximum atomic E-state index is 12.8. The minimum atomic E-state index is -3.46. The molecule has 1 aliphatic heterocycles. The fraction of sp³-hybridized carbons (Fsp3) is 1.00. The van der Waals surface area contributed by atoms with E-state index >= 15 is 0 Å². The summed E-state index contributed by atoms with van der Waals surface area (Å²) in [6.45, 7) is 4.56. The van der Waals surface area contributed by atoms with Crippen molar-refractivity contribution in [1.29, 1.82) is 0 Å². The van der Waals surface area contributed by atoms with Crippen LogP contribution in [-0.2, 0) is 22.9 Å². The fourth-order valence-corrected chi connectivity index (χ4v) is 4.60. The van der Waals surface area contributed by atoms with E-state index in [1.165, 1.54) is 70.6 Å². The lowest BCUT2D eigenvalue weighted by atomic mass is 10.1. The van der Waals surface area contributed by atoms with Crippen LogP contribution >= 0.6 is 7.82 Å². The number of phosphoric acid groups is 1. The fourth-order valence-electron chi connectivity index (χ4n) is 3.38. The van der Waals surface area contributed by atoms with Crippen LogP contribution in [-0.4, -0.2) is 33.0 Å². The van der Waals surface area contributed by atoms with Gasteiger partial charge in [0.25, 0.3) is 0 Å². The minimum Gasteiger partial charge on any atom is -0.379 e. The van der Waals surface area contributed by atoms with Crippen molar-refractivity contribution in [3.63, 3.8) is 0 Å². The Morgan fingerprint density at radius 1 is 0.643 bits per heavy atom. The van der Waals surface area contributed by atoms with E-state index in [1.807, 2.05) is 0 Å². The van der Waals surface area contributed by atoms with Gasteiger partial charge < -0.3 is 4.74 Å². The molecule has 28 heavy (non-hydrogen) atoms. The Labute approximate surface area is 173 Å². The van der Waals surface area contributed by atoms with E-state index < -0.39 is 7.82 Å². The molecule has 0 saturated carbocycles. The molecular formula is C22H45O5P. The van der Waals surface area contributed by atoms with E-state index in [0.29, 0.717) is 19.8 Å². The van der Waals surface area contributed by atoms with Gasteiger partial charge in [-0.15, -0.1) is 0 Å². The molecule has 0 spiro atoms. The molecule has 1 atom stereocenters. The highest BCUT2D eigenvalue weighted by Gasteiger charge is 2.26. The van der Waals surface area contributed by atoms with Gasteiger partial charge in [-0.3, -0.25) is 13.6 Å². The average molecular weight is 421 g/mol. The lowest BCUT2D eigenvalue weighted by Gasteiger charge is -2.18. The molecular weight excluding hydrogens is 375 g/mol. The summed E-state index contributed by atoms with van der Waals surface area (Å²) in [4.78, 5) is 0. The molecule has 0 aliphatic carbocycles. The summed E-state index contributed by atoms with van der Waals surface area (Å²) in [5, 5.41) is 0. The van der Waals surface area contributed by atoms with Gasteiger partial charge in [0.2, 0.25) is 0 Å². The zero-order chi connectivity index (χ0) is 20.2. The van der Waals surface area contributed by atoms with E-state index in [9.17, 15) is 4.57 Å². The van der Waals surface area contributed by atoms with Crippen molar-refractivity contribution in [3.8, 4) is 0 Å². The lowest BCUT2D eigenvalue weighted by Crippen LogP contribution is -2.08. The lowest BCUT2D eigenvalue weighted by molar-refractivity contribution is 0.0620. The maximum absolute atomic E-state index is 12.8. The van der Waals surface area contributed by atoms with Crippen LogP contribution in [0.4, 0.5) is 0 Å². The van der Waals surface area contributed by atoms with Gasteiger partial charge in [-0.05, 0) is 19.3 Å². The molecule has 0 aromatic rings. The molecule has 1 heterocycles. The molecule has 0 aromatic heterocycles. The molecule has 1 aliphatic rings. The summed E-state index contributed by atoms with van der Waals surface area (Å²) >= 11 is 0. The third-order valence-electron chi connectivity index (χ3n) is 5.16. The molecule has 0 N–H and O–H groups in total. The van der Waals surface area contributed by atoms with Gasteiger partial charge in [-0.1, -0.05) is 90.4 Å². The molecule has 168 valence electrons. The summed E-state index contributed by atoms with van der Waals surface area (Å²) in [6, 6.07) is 0. The number of unbranched alkanes of at least 4 members (excludes halogenated alkanes) is 7. The second-order valence-corrected chi connectivity index (χ2v) is 9.53. The van der Waals surface area contributed by atoms with Crippen LogP contribution in [0, 0.1) is 0 Å². The Kier molecular flexibility index (Phi) is 17.8. The quantitative estimate of drug-likeness (QED) is 0.271. The van der Waals surface area contributed by atoms with Gasteiger partial charge in [0.05, 0.1) is 26.4 Å². The smallest absolute Gasteiger partial charge is 0.379 e. The zero-order valence-corrected chi connectivity index (χ0v) is 19.2. The predicted octanol–water partition coefficient (Wildman–Crippen LogP) is 7.44. The first kappa shape index (κ1) is 26.1.